The first-order valence-electron chi connectivity index (χ1n) is 4.63. The van der Waals surface area contributed by atoms with Gasteiger partial charge in [-0.3, -0.25) is 0 Å². The molecule has 4 heteroatoms. The summed E-state index contributed by atoms with van der Waals surface area (Å²) in [5.74, 6) is 0. The van der Waals surface area contributed by atoms with Crippen LogP contribution in [-0.4, -0.2) is 5.38 Å². The van der Waals surface area contributed by atoms with Crippen LogP contribution in [0.5, 0.6) is 0 Å². The van der Waals surface area contributed by atoms with Crippen molar-refractivity contribution in [1.82, 2.24) is 5.32 Å². The van der Waals surface area contributed by atoms with Gasteiger partial charge in [-0.25, -0.2) is 6.08 Å². The van der Waals surface area contributed by atoms with Crippen molar-refractivity contribution in [3.05, 3.63) is 52.7 Å². The summed E-state index contributed by atoms with van der Waals surface area (Å²) in [5, 5.41) is 3.11. The fourth-order valence-corrected chi connectivity index (χ4v) is 1.78. The Labute approximate surface area is 134 Å². The Kier molecular flexibility index (Phi) is 5.72. The molecule has 1 radical (unpaired) electrons. The van der Waals surface area contributed by atoms with Crippen molar-refractivity contribution < 1.29 is 32.7 Å². The van der Waals surface area contributed by atoms with E-state index in [4.69, 9.17) is 11.6 Å². The van der Waals surface area contributed by atoms with Crippen LogP contribution < -0.4 is 5.32 Å². The first kappa shape index (κ1) is 14.4. The maximum Gasteiger partial charge on any atom is 0.0604 e. The second-order valence-corrected chi connectivity index (χ2v) is 4.82. The van der Waals surface area contributed by atoms with Crippen LogP contribution in [-0.2, 0) is 32.7 Å². The first-order valence-corrected chi connectivity index (χ1v) is 5.86. The van der Waals surface area contributed by atoms with Gasteiger partial charge in [0.2, 0.25) is 0 Å². The zero-order valence-corrected chi connectivity index (χ0v) is 13.8. The smallest absolute Gasteiger partial charge is 0.0604 e. The summed E-state index contributed by atoms with van der Waals surface area (Å²) in [5.41, 5.74) is 2.90. The van der Waals surface area contributed by atoms with Crippen molar-refractivity contribution in [2.24, 2.45) is 0 Å². The molecule has 1 N–H and O–H groups in total. The molecule has 0 aromatic heterocycles. The van der Waals surface area contributed by atoms with Gasteiger partial charge >= 0.3 is 0 Å². The maximum absolute atomic E-state index is 6.00. The van der Waals surface area contributed by atoms with Gasteiger partial charge in [-0.1, -0.05) is 41.1 Å². The molecular formula is C12H10BrClNY-. The van der Waals surface area contributed by atoms with Gasteiger partial charge in [-0.05, 0) is 0 Å². The Morgan fingerprint density at radius 3 is 2.56 bits per heavy atom. The van der Waals surface area contributed by atoms with Gasteiger partial charge in [-0.15, -0.1) is 29.4 Å². The largest absolute Gasteiger partial charge is 0.392 e. The van der Waals surface area contributed by atoms with E-state index >= 15 is 0 Å². The molecule has 0 amide bonds. The molecule has 1 aromatic rings. The van der Waals surface area contributed by atoms with E-state index in [1.54, 1.807) is 0 Å². The minimum absolute atomic E-state index is 0. The monoisotopic (exact) mass is 371 g/mol. The van der Waals surface area contributed by atoms with Crippen molar-refractivity contribution in [1.29, 1.82) is 0 Å². The second-order valence-electron chi connectivity index (χ2n) is 3.38. The molecule has 1 atom stereocenters. The number of alkyl halides is 1. The molecule has 81 valence electrons. The van der Waals surface area contributed by atoms with Gasteiger partial charge in [0.05, 0.1) is 5.38 Å². The standard InChI is InChI=1S/C12H10BrClN.Y/c1-8-11(14)6-7-12(15-8)9-2-4-10(13)5-3-9;/h2-5,11,15H,1,6H2;/q-1;. The van der Waals surface area contributed by atoms with Crippen LogP contribution in [0.25, 0.3) is 5.70 Å². The summed E-state index contributed by atoms with van der Waals surface area (Å²) in [4.78, 5) is 0. The van der Waals surface area contributed by atoms with Crippen LogP contribution in [0.3, 0.4) is 0 Å². The van der Waals surface area contributed by atoms with E-state index < -0.39 is 0 Å². The van der Waals surface area contributed by atoms with Crippen LogP contribution in [0.15, 0.2) is 41.0 Å². The predicted molar refractivity (Wildman–Crippen MR) is 67.3 cm³/mol. The van der Waals surface area contributed by atoms with Crippen molar-refractivity contribution in [2.75, 3.05) is 0 Å². The van der Waals surface area contributed by atoms with Crippen LogP contribution in [0.1, 0.15) is 12.0 Å². The molecule has 0 fully saturated rings. The molecule has 0 saturated heterocycles. The number of hydrogen-bond donors (Lipinski definition) is 1. The fraction of sp³-hybridized carbons (Fsp3) is 0.167. The van der Waals surface area contributed by atoms with E-state index in [1.807, 2.05) is 24.3 Å². The molecule has 2 rings (SSSR count). The van der Waals surface area contributed by atoms with Crippen molar-refractivity contribution in [2.45, 2.75) is 11.8 Å². The number of rotatable bonds is 1. The van der Waals surface area contributed by atoms with Gasteiger partial charge < -0.3 is 5.32 Å². The Hall–Kier alpha value is 0.374. The summed E-state index contributed by atoms with van der Waals surface area (Å²) in [6, 6.07) is 8.06. The third-order valence-corrected chi connectivity index (χ3v) is 3.20. The van der Waals surface area contributed by atoms with E-state index in [2.05, 4.69) is 33.9 Å². The molecule has 0 aliphatic carbocycles. The normalized spacial score (nSPS) is 19.5. The van der Waals surface area contributed by atoms with Crippen LogP contribution in [0.4, 0.5) is 0 Å². The SMILES string of the molecule is C=C1NC(c2ccc(Br)cc2)=[C-]CC1Cl.[Y]. The van der Waals surface area contributed by atoms with Gasteiger partial charge in [0, 0.05) is 42.9 Å². The fourth-order valence-electron chi connectivity index (χ4n) is 1.39. The van der Waals surface area contributed by atoms with Gasteiger partial charge in [0.1, 0.15) is 0 Å². The summed E-state index contributed by atoms with van der Waals surface area (Å²) >= 11 is 9.40. The molecule has 1 unspecified atom stereocenters. The van der Waals surface area contributed by atoms with Crippen LogP contribution in [0, 0.1) is 6.08 Å². The average molecular weight is 372 g/mol. The number of benzene rings is 1. The summed E-state index contributed by atoms with van der Waals surface area (Å²) in [7, 11) is 0. The zero-order chi connectivity index (χ0) is 10.8. The Bertz CT molecular complexity index is 414. The number of halogens is 2. The zero-order valence-electron chi connectivity index (χ0n) is 8.63. The van der Waals surface area contributed by atoms with Crippen LogP contribution >= 0.6 is 27.5 Å². The van der Waals surface area contributed by atoms with Crippen LogP contribution in [0.2, 0.25) is 0 Å². The first-order chi connectivity index (χ1) is 7.16. The molecule has 1 aliphatic heterocycles. The molecule has 1 aliphatic rings. The molecule has 16 heavy (non-hydrogen) atoms. The van der Waals surface area contributed by atoms with E-state index in [1.165, 1.54) is 0 Å². The topological polar surface area (TPSA) is 12.0 Å². The van der Waals surface area contributed by atoms with Crippen molar-refractivity contribution in [3.8, 4) is 0 Å². The predicted octanol–water partition coefficient (Wildman–Crippen LogP) is 3.71. The molecule has 0 bridgehead atoms. The average Bonchev–Trinajstić information content (AvgIpc) is 2.23. The summed E-state index contributed by atoms with van der Waals surface area (Å²) in [6.45, 7) is 3.88. The molecular weight excluding hydrogens is 362 g/mol. The Morgan fingerprint density at radius 1 is 1.38 bits per heavy atom. The molecule has 0 saturated carbocycles. The summed E-state index contributed by atoms with van der Waals surface area (Å²) < 4.78 is 1.07. The van der Waals surface area contributed by atoms with E-state index in [0.29, 0.717) is 6.42 Å². The van der Waals surface area contributed by atoms with Crippen molar-refractivity contribution in [3.63, 3.8) is 0 Å². The number of nitrogens with one attached hydrogen (secondary N) is 1. The maximum atomic E-state index is 6.00. The van der Waals surface area contributed by atoms with Gasteiger partial charge in [0.25, 0.3) is 0 Å². The molecule has 1 heterocycles. The Balaban J connectivity index is 0.00000128. The van der Waals surface area contributed by atoms with Crippen molar-refractivity contribution >= 4 is 33.2 Å². The van der Waals surface area contributed by atoms with Gasteiger partial charge in [-0.2, -0.15) is 5.56 Å². The molecule has 0 spiro atoms. The quantitative estimate of drug-likeness (QED) is 0.585. The third kappa shape index (κ3) is 3.43. The van der Waals surface area contributed by atoms with E-state index in [9.17, 15) is 0 Å². The number of hydrogen-bond acceptors (Lipinski definition) is 1. The molecule has 1 aromatic carbocycles. The minimum Gasteiger partial charge on any atom is -0.392 e. The second kappa shape index (κ2) is 6.35. The van der Waals surface area contributed by atoms with E-state index in [-0.39, 0.29) is 38.1 Å². The molecule has 1 nitrogen and oxygen atoms in total. The Morgan fingerprint density at radius 2 is 2.00 bits per heavy atom. The summed E-state index contributed by atoms with van der Waals surface area (Å²) in [6.07, 6.45) is 3.94. The third-order valence-electron chi connectivity index (χ3n) is 2.25. The van der Waals surface area contributed by atoms with Gasteiger partial charge in [0.15, 0.2) is 0 Å². The number of allylic oxidation sites excluding steroid dienone is 2. The van der Waals surface area contributed by atoms with E-state index in [0.717, 1.165) is 21.4 Å². The minimum atomic E-state index is -0.0517.